The molecule has 0 bridgehead atoms. The lowest BCUT2D eigenvalue weighted by Crippen LogP contribution is -2.26. The van der Waals surface area contributed by atoms with Crippen LogP contribution in [0.25, 0.3) is 0 Å². The molecule has 0 spiro atoms. The molecule has 8 heteroatoms. The Labute approximate surface area is 147 Å². The van der Waals surface area contributed by atoms with Crippen LogP contribution in [0.1, 0.15) is 36.2 Å². The summed E-state index contributed by atoms with van der Waals surface area (Å²) in [7, 11) is -3.56. The van der Waals surface area contributed by atoms with Crippen molar-refractivity contribution in [2.24, 2.45) is 0 Å². The summed E-state index contributed by atoms with van der Waals surface area (Å²) in [6.45, 7) is 6.91. The molecular weight excluding hydrogens is 342 g/mol. The number of nitrogens with zero attached hydrogens (tertiary/aromatic N) is 1. The summed E-state index contributed by atoms with van der Waals surface area (Å²) in [5.41, 5.74) is 2.12. The third kappa shape index (κ3) is 3.80. The molecule has 0 saturated heterocycles. The standard InChI is InChI=1S/C17H23N3O4S/c1-11(14-4-5-15-16(10-14)24-9-8-23-15)6-7-18-25(21,22)17-12(2)19-20-13(17)3/h4-5,10-11,18H,6-9H2,1-3H3,(H,19,20). The van der Waals surface area contributed by atoms with Crippen molar-refractivity contribution in [2.45, 2.75) is 38.0 Å². The lowest BCUT2D eigenvalue weighted by Gasteiger charge is -2.20. The molecule has 2 aromatic rings. The topological polar surface area (TPSA) is 93.3 Å². The third-order valence-corrected chi connectivity index (χ3v) is 6.06. The fourth-order valence-electron chi connectivity index (χ4n) is 2.95. The number of H-pyrrole nitrogens is 1. The molecule has 136 valence electrons. The van der Waals surface area contributed by atoms with E-state index in [-0.39, 0.29) is 10.8 Å². The summed E-state index contributed by atoms with van der Waals surface area (Å²) >= 11 is 0. The third-order valence-electron chi connectivity index (χ3n) is 4.33. The van der Waals surface area contributed by atoms with Crippen LogP contribution in [-0.2, 0) is 10.0 Å². The molecule has 2 N–H and O–H groups in total. The minimum atomic E-state index is -3.56. The Morgan fingerprint density at radius 3 is 2.64 bits per heavy atom. The number of ether oxygens (including phenoxy) is 2. The Kier molecular flexibility index (Phi) is 5.01. The Balaban J connectivity index is 1.62. The molecule has 7 nitrogen and oxygen atoms in total. The lowest BCUT2D eigenvalue weighted by molar-refractivity contribution is 0.171. The van der Waals surface area contributed by atoms with Crippen LogP contribution in [0.4, 0.5) is 0 Å². The first kappa shape index (κ1) is 17.8. The van der Waals surface area contributed by atoms with E-state index in [9.17, 15) is 8.42 Å². The second-order valence-electron chi connectivity index (χ2n) is 6.25. The first-order valence-corrected chi connectivity index (χ1v) is 9.77. The molecule has 1 aliphatic heterocycles. The van der Waals surface area contributed by atoms with E-state index < -0.39 is 10.0 Å². The number of aromatic amines is 1. The molecular formula is C17H23N3O4S. The summed E-state index contributed by atoms with van der Waals surface area (Å²) < 4.78 is 38.7. The van der Waals surface area contributed by atoms with E-state index >= 15 is 0 Å². The number of hydrogen-bond acceptors (Lipinski definition) is 5. The lowest BCUT2D eigenvalue weighted by atomic mass is 9.97. The number of sulfonamides is 1. The SMILES string of the molecule is Cc1n[nH]c(C)c1S(=O)(=O)NCCC(C)c1ccc2c(c1)OCCO2. The van der Waals surface area contributed by atoms with Crippen molar-refractivity contribution in [3.05, 3.63) is 35.2 Å². The van der Waals surface area contributed by atoms with Gasteiger partial charge in [0, 0.05) is 6.54 Å². The Bertz CT molecular complexity index is 841. The van der Waals surface area contributed by atoms with Crippen molar-refractivity contribution in [2.75, 3.05) is 19.8 Å². The molecule has 0 fully saturated rings. The van der Waals surface area contributed by atoms with Gasteiger partial charge in [-0.05, 0) is 43.9 Å². The maximum absolute atomic E-state index is 12.4. The predicted octanol–water partition coefficient (Wildman–Crippen LogP) is 2.27. The van der Waals surface area contributed by atoms with Crippen LogP contribution in [0.2, 0.25) is 0 Å². The van der Waals surface area contributed by atoms with E-state index in [0.717, 1.165) is 17.1 Å². The minimum Gasteiger partial charge on any atom is -0.486 e. The number of rotatable bonds is 6. The quantitative estimate of drug-likeness (QED) is 0.819. The Morgan fingerprint density at radius 1 is 1.24 bits per heavy atom. The molecule has 1 atom stereocenters. The van der Waals surface area contributed by atoms with Gasteiger partial charge in [-0.2, -0.15) is 5.10 Å². The molecule has 1 aromatic carbocycles. The number of benzene rings is 1. The van der Waals surface area contributed by atoms with Gasteiger partial charge in [-0.1, -0.05) is 13.0 Å². The van der Waals surface area contributed by atoms with Crippen LogP contribution in [0, 0.1) is 13.8 Å². The van der Waals surface area contributed by atoms with Gasteiger partial charge in [-0.15, -0.1) is 0 Å². The fourth-order valence-corrected chi connectivity index (χ4v) is 4.37. The van der Waals surface area contributed by atoms with E-state index in [1.807, 2.05) is 18.2 Å². The van der Waals surface area contributed by atoms with Crippen LogP contribution in [0.15, 0.2) is 23.1 Å². The zero-order chi connectivity index (χ0) is 18.0. The maximum atomic E-state index is 12.4. The molecule has 2 heterocycles. The van der Waals surface area contributed by atoms with Gasteiger partial charge in [0.25, 0.3) is 0 Å². The van der Waals surface area contributed by atoms with Gasteiger partial charge >= 0.3 is 0 Å². The van der Waals surface area contributed by atoms with E-state index in [2.05, 4.69) is 21.8 Å². The highest BCUT2D eigenvalue weighted by Gasteiger charge is 2.22. The first-order valence-electron chi connectivity index (χ1n) is 8.29. The highest BCUT2D eigenvalue weighted by atomic mass is 32.2. The smallest absolute Gasteiger partial charge is 0.244 e. The molecule has 1 unspecified atom stereocenters. The fraction of sp³-hybridized carbons (Fsp3) is 0.471. The first-order chi connectivity index (χ1) is 11.9. The van der Waals surface area contributed by atoms with Gasteiger partial charge in [0.1, 0.15) is 18.1 Å². The number of fused-ring (bicyclic) bond motifs is 1. The maximum Gasteiger partial charge on any atom is 0.244 e. The minimum absolute atomic E-state index is 0.185. The van der Waals surface area contributed by atoms with Gasteiger partial charge in [0.2, 0.25) is 10.0 Å². The molecule has 0 aliphatic carbocycles. The monoisotopic (exact) mass is 365 g/mol. The molecule has 0 radical (unpaired) electrons. The predicted molar refractivity (Wildman–Crippen MR) is 93.7 cm³/mol. The molecule has 1 aromatic heterocycles. The molecule has 1 aliphatic rings. The number of aromatic nitrogens is 2. The molecule has 0 saturated carbocycles. The van der Waals surface area contributed by atoms with Gasteiger partial charge < -0.3 is 9.47 Å². The number of hydrogen-bond donors (Lipinski definition) is 2. The van der Waals surface area contributed by atoms with Crippen LogP contribution < -0.4 is 14.2 Å². The number of nitrogens with one attached hydrogen (secondary N) is 2. The second kappa shape index (κ2) is 7.05. The summed E-state index contributed by atoms with van der Waals surface area (Å²) in [6, 6.07) is 5.87. The van der Waals surface area contributed by atoms with Crippen molar-refractivity contribution in [3.8, 4) is 11.5 Å². The Morgan fingerprint density at radius 2 is 1.96 bits per heavy atom. The summed E-state index contributed by atoms with van der Waals surface area (Å²) in [4.78, 5) is 0.236. The van der Waals surface area contributed by atoms with Crippen LogP contribution in [-0.4, -0.2) is 38.4 Å². The van der Waals surface area contributed by atoms with Gasteiger partial charge in [0.15, 0.2) is 11.5 Å². The van der Waals surface area contributed by atoms with Crippen molar-refractivity contribution >= 4 is 10.0 Å². The summed E-state index contributed by atoms with van der Waals surface area (Å²) in [6.07, 6.45) is 0.675. The van der Waals surface area contributed by atoms with Crippen molar-refractivity contribution in [1.29, 1.82) is 0 Å². The summed E-state index contributed by atoms with van der Waals surface area (Å²) in [5, 5.41) is 6.65. The van der Waals surface area contributed by atoms with Crippen LogP contribution in [0.5, 0.6) is 11.5 Å². The zero-order valence-electron chi connectivity index (χ0n) is 14.6. The van der Waals surface area contributed by atoms with Gasteiger partial charge in [-0.25, -0.2) is 13.1 Å². The molecule has 3 rings (SSSR count). The average Bonchev–Trinajstić information content (AvgIpc) is 2.93. The van der Waals surface area contributed by atoms with Crippen LogP contribution >= 0.6 is 0 Å². The zero-order valence-corrected chi connectivity index (χ0v) is 15.4. The van der Waals surface area contributed by atoms with E-state index in [0.29, 0.717) is 37.6 Å². The van der Waals surface area contributed by atoms with E-state index in [1.54, 1.807) is 13.8 Å². The highest BCUT2D eigenvalue weighted by molar-refractivity contribution is 7.89. The van der Waals surface area contributed by atoms with E-state index in [1.165, 1.54) is 0 Å². The molecule has 25 heavy (non-hydrogen) atoms. The van der Waals surface area contributed by atoms with Gasteiger partial charge in [0.05, 0.1) is 11.4 Å². The largest absolute Gasteiger partial charge is 0.486 e. The molecule has 0 amide bonds. The highest BCUT2D eigenvalue weighted by Crippen LogP contribution is 2.33. The summed E-state index contributed by atoms with van der Waals surface area (Å²) in [5.74, 6) is 1.69. The Hall–Kier alpha value is -2.06. The van der Waals surface area contributed by atoms with Crippen molar-refractivity contribution in [1.82, 2.24) is 14.9 Å². The van der Waals surface area contributed by atoms with E-state index in [4.69, 9.17) is 9.47 Å². The number of aryl methyl sites for hydroxylation is 2. The van der Waals surface area contributed by atoms with Crippen LogP contribution in [0.3, 0.4) is 0 Å². The second-order valence-corrected chi connectivity index (χ2v) is 7.96. The van der Waals surface area contributed by atoms with Crippen molar-refractivity contribution < 1.29 is 17.9 Å². The average molecular weight is 365 g/mol. The normalized spacial score (nSPS) is 15.2. The van der Waals surface area contributed by atoms with Gasteiger partial charge in [-0.3, -0.25) is 5.10 Å². The van der Waals surface area contributed by atoms with Crippen molar-refractivity contribution in [3.63, 3.8) is 0 Å².